The van der Waals surface area contributed by atoms with Gasteiger partial charge >= 0.3 is 0 Å². The third kappa shape index (κ3) is 4.12. The fraction of sp³-hybridized carbons (Fsp3) is 0.200. The molecule has 0 fully saturated rings. The van der Waals surface area contributed by atoms with Crippen molar-refractivity contribution >= 4 is 17.9 Å². The van der Waals surface area contributed by atoms with Crippen molar-refractivity contribution < 1.29 is 42.3 Å². The van der Waals surface area contributed by atoms with E-state index in [0.29, 0.717) is 17.7 Å². The van der Waals surface area contributed by atoms with E-state index in [0.717, 1.165) is 0 Å². The van der Waals surface area contributed by atoms with Crippen LogP contribution in [0.3, 0.4) is 0 Å². The van der Waals surface area contributed by atoms with Crippen molar-refractivity contribution in [3.05, 3.63) is 29.8 Å². The fourth-order valence-corrected chi connectivity index (χ4v) is 0.910. The van der Waals surface area contributed by atoms with Crippen molar-refractivity contribution in [1.29, 1.82) is 0 Å². The van der Waals surface area contributed by atoms with Gasteiger partial charge in [0.1, 0.15) is 0 Å². The zero-order valence-corrected chi connectivity index (χ0v) is 10.7. The Balaban J connectivity index is 0.00000169. The zero-order chi connectivity index (χ0) is 9.68. The van der Waals surface area contributed by atoms with Crippen LogP contribution < -0.4 is 5.32 Å². The van der Waals surface area contributed by atoms with Crippen LogP contribution in [-0.4, -0.2) is 12.2 Å². The van der Waals surface area contributed by atoms with Gasteiger partial charge in [-0.3, -0.25) is 4.79 Å². The molecule has 71 valence electrons. The van der Waals surface area contributed by atoms with E-state index in [4.69, 9.17) is 0 Å². The number of rotatable bonds is 3. The Morgan fingerprint density at radius 2 is 2.21 bits per heavy atom. The summed E-state index contributed by atoms with van der Waals surface area (Å²) in [6.07, 6.45) is 2.18. The Hall–Kier alpha value is -0.536. The summed E-state index contributed by atoms with van der Waals surface area (Å²) in [7, 11) is 0. The van der Waals surface area contributed by atoms with Crippen molar-refractivity contribution in [2.75, 3.05) is 5.32 Å². The Morgan fingerprint density at radius 3 is 2.79 bits per heavy atom. The minimum atomic E-state index is -0.0666. The molecule has 0 aliphatic heterocycles. The number of carbonyl (C=O) groups is 1. The predicted octanol–water partition coefficient (Wildman–Crippen LogP) is 1.49. The van der Waals surface area contributed by atoms with Gasteiger partial charge in [0.05, 0.1) is 6.29 Å². The molecule has 0 atom stereocenters. The quantitative estimate of drug-likeness (QED) is 0.841. The van der Waals surface area contributed by atoms with Crippen LogP contribution in [0.2, 0.25) is 0 Å². The molecular formula is C10H10NO2Y-. The molecule has 0 heterocycles. The minimum absolute atomic E-state index is 0. The second-order valence-electron chi connectivity index (χ2n) is 2.58. The number of nitrogens with one attached hydrogen (secondary N) is 1. The summed E-state index contributed by atoms with van der Waals surface area (Å²) in [5, 5.41) is 2.65. The van der Waals surface area contributed by atoms with Crippen LogP contribution >= 0.6 is 0 Å². The van der Waals surface area contributed by atoms with E-state index in [2.05, 4.69) is 5.32 Å². The van der Waals surface area contributed by atoms with E-state index in [1.54, 1.807) is 37.5 Å². The van der Waals surface area contributed by atoms with Crippen molar-refractivity contribution in [2.24, 2.45) is 0 Å². The van der Waals surface area contributed by atoms with Gasteiger partial charge in [-0.2, -0.15) is 6.07 Å². The van der Waals surface area contributed by atoms with Crippen molar-refractivity contribution in [2.45, 2.75) is 13.3 Å². The summed E-state index contributed by atoms with van der Waals surface area (Å²) >= 11 is 0. The molecule has 0 spiro atoms. The molecule has 0 saturated carbocycles. The molecule has 0 unspecified atom stereocenters. The summed E-state index contributed by atoms with van der Waals surface area (Å²) in [5.74, 6) is -0.0666. The zero-order valence-electron chi connectivity index (χ0n) is 7.91. The molecule has 0 bridgehead atoms. The van der Waals surface area contributed by atoms with Gasteiger partial charge in [0.2, 0.25) is 5.91 Å². The first-order valence-corrected chi connectivity index (χ1v) is 4.04. The predicted molar refractivity (Wildman–Crippen MR) is 50.2 cm³/mol. The fourth-order valence-electron chi connectivity index (χ4n) is 0.910. The van der Waals surface area contributed by atoms with Crippen molar-refractivity contribution in [3.8, 4) is 0 Å². The summed E-state index contributed by atoms with van der Waals surface area (Å²) in [4.78, 5) is 21.2. The Morgan fingerprint density at radius 1 is 1.50 bits per heavy atom. The maximum Gasteiger partial charge on any atom is 0.223 e. The third-order valence-corrected chi connectivity index (χ3v) is 1.59. The van der Waals surface area contributed by atoms with Gasteiger partial charge in [-0.05, 0) is 5.69 Å². The van der Waals surface area contributed by atoms with Crippen LogP contribution in [0.15, 0.2) is 24.3 Å². The Labute approximate surface area is 108 Å². The maximum absolute atomic E-state index is 11.0. The van der Waals surface area contributed by atoms with Crippen molar-refractivity contribution in [3.63, 3.8) is 0 Å². The van der Waals surface area contributed by atoms with Crippen LogP contribution in [0.1, 0.15) is 18.9 Å². The average molecular weight is 265 g/mol. The SMILES string of the molecule is CCC(=O)Nc1cccc([C-]=O)c1.[Y]. The van der Waals surface area contributed by atoms with Gasteiger partial charge in [0.25, 0.3) is 0 Å². The first kappa shape index (κ1) is 13.5. The van der Waals surface area contributed by atoms with E-state index >= 15 is 0 Å². The summed E-state index contributed by atoms with van der Waals surface area (Å²) in [6, 6.07) is 6.65. The van der Waals surface area contributed by atoms with Gasteiger partial charge in [0.15, 0.2) is 0 Å². The molecule has 1 aromatic carbocycles. The van der Waals surface area contributed by atoms with Gasteiger partial charge < -0.3 is 10.1 Å². The average Bonchev–Trinajstić information content (AvgIpc) is 2.18. The molecule has 1 radical (unpaired) electrons. The summed E-state index contributed by atoms with van der Waals surface area (Å²) in [5.41, 5.74) is 1.07. The van der Waals surface area contributed by atoms with Gasteiger partial charge in [-0.15, -0.1) is 17.7 Å². The van der Waals surface area contributed by atoms with Crippen LogP contribution in [-0.2, 0) is 42.3 Å². The van der Waals surface area contributed by atoms with Gasteiger partial charge in [0, 0.05) is 39.1 Å². The molecular weight excluding hydrogens is 255 g/mol. The number of hydrogen-bond acceptors (Lipinski definition) is 2. The maximum atomic E-state index is 11.0. The second kappa shape index (κ2) is 6.85. The van der Waals surface area contributed by atoms with Crippen LogP contribution in [0.5, 0.6) is 0 Å². The number of anilines is 1. The van der Waals surface area contributed by atoms with Crippen LogP contribution in [0, 0.1) is 0 Å². The molecule has 4 heteroatoms. The molecule has 1 N–H and O–H groups in total. The molecule has 0 saturated heterocycles. The Bertz CT molecular complexity index is 326. The van der Waals surface area contributed by atoms with Gasteiger partial charge in [-0.25, -0.2) is 0 Å². The van der Waals surface area contributed by atoms with E-state index in [1.165, 1.54) is 0 Å². The summed E-state index contributed by atoms with van der Waals surface area (Å²) < 4.78 is 0. The molecule has 0 aliphatic carbocycles. The molecule has 1 rings (SSSR count). The summed E-state index contributed by atoms with van der Waals surface area (Å²) in [6.45, 7) is 1.77. The molecule has 14 heavy (non-hydrogen) atoms. The smallest absolute Gasteiger partial charge is 0.223 e. The molecule has 1 amide bonds. The number of carbonyl (C=O) groups excluding carboxylic acids is 2. The van der Waals surface area contributed by atoms with E-state index in [1.807, 2.05) is 0 Å². The standard InChI is InChI=1S/C10H10NO2.Y/c1-2-10(13)11-9-5-3-4-8(6-9)7-12;/h3-6H,2H2,1H3,(H,11,13);/q-1;. The van der Waals surface area contributed by atoms with Crippen molar-refractivity contribution in [1.82, 2.24) is 0 Å². The molecule has 0 aromatic heterocycles. The van der Waals surface area contributed by atoms with E-state index < -0.39 is 0 Å². The minimum Gasteiger partial charge on any atom is -0.376 e. The largest absolute Gasteiger partial charge is 0.376 e. The normalized spacial score (nSPS) is 8.64. The number of amides is 1. The monoisotopic (exact) mass is 265 g/mol. The molecule has 1 aromatic rings. The number of hydrogen-bond donors (Lipinski definition) is 1. The molecule has 0 aliphatic rings. The third-order valence-electron chi connectivity index (χ3n) is 1.59. The van der Waals surface area contributed by atoms with Gasteiger partial charge in [-0.1, -0.05) is 13.0 Å². The topological polar surface area (TPSA) is 46.2 Å². The molecule has 3 nitrogen and oxygen atoms in total. The Kier molecular flexibility index (Phi) is 6.59. The second-order valence-corrected chi connectivity index (χ2v) is 2.58. The first-order chi connectivity index (χ1) is 6.26. The van der Waals surface area contributed by atoms with Crippen LogP contribution in [0.25, 0.3) is 0 Å². The van der Waals surface area contributed by atoms with E-state index in [9.17, 15) is 9.59 Å². The number of benzene rings is 1. The van der Waals surface area contributed by atoms with Crippen LogP contribution in [0.4, 0.5) is 5.69 Å². The van der Waals surface area contributed by atoms with E-state index in [-0.39, 0.29) is 38.6 Å². The first-order valence-electron chi connectivity index (χ1n) is 4.04.